The van der Waals surface area contributed by atoms with Crippen molar-refractivity contribution in [3.63, 3.8) is 0 Å². The lowest BCUT2D eigenvalue weighted by molar-refractivity contribution is -0.132. The first kappa shape index (κ1) is 25.2. The van der Waals surface area contributed by atoms with Gasteiger partial charge in [0.1, 0.15) is 19.0 Å². The molecule has 0 aromatic heterocycles. The number of ether oxygens (including phenoxy) is 4. The number of rotatable bonds is 7. The molecule has 8 heteroatoms. The van der Waals surface area contributed by atoms with Crippen LogP contribution in [0.2, 0.25) is 0 Å². The number of ketones is 1. The molecule has 0 saturated carbocycles. The fourth-order valence-corrected chi connectivity index (χ4v) is 4.78. The molecule has 196 valence electrons. The number of aliphatic hydroxyl groups is 1. The van der Waals surface area contributed by atoms with Gasteiger partial charge in [-0.3, -0.25) is 14.5 Å². The highest BCUT2D eigenvalue weighted by Crippen LogP contribution is 2.45. The number of aryl methyl sites for hydroxylation is 1. The highest BCUT2D eigenvalue weighted by atomic mass is 16.6. The largest absolute Gasteiger partial charge is 0.507 e. The number of nitrogens with zero attached hydrogens (tertiary/aromatic N) is 1. The smallest absolute Gasteiger partial charge is 0.300 e. The summed E-state index contributed by atoms with van der Waals surface area (Å²) in [7, 11) is 1.54. The Morgan fingerprint density at radius 1 is 0.947 bits per heavy atom. The first-order valence-electron chi connectivity index (χ1n) is 12.6. The van der Waals surface area contributed by atoms with E-state index in [-0.39, 0.29) is 11.3 Å². The van der Waals surface area contributed by atoms with E-state index in [0.717, 1.165) is 12.0 Å². The second kappa shape index (κ2) is 10.5. The first-order chi connectivity index (χ1) is 18.5. The van der Waals surface area contributed by atoms with Crippen LogP contribution in [0, 0.1) is 0 Å². The maximum atomic E-state index is 13.5. The monoisotopic (exact) mass is 515 g/mol. The Bertz CT molecular complexity index is 1410. The van der Waals surface area contributed by atoms with Crippen molar-refractivity contribution in [3.05, 3.63) is 82.9 Å². The average Bonchev–Trinajstić information content (AvgIpc) is 3.22. The predicted molar refractivity (Wildman–Crippen MR) is 142 cm³/mol. The van der Waals surface area contributed by atoms with Crippen LogP contribution in [-0.4, -0.2) is 43.7 Å². The van der Waals surface area contributed by atoms with Gasteiger partial charge in [-0.2, -0.15) is 0 Å². The molecule has 3 aromatic carbocycles. The summed E-state index contributed by atoms with van der Waals surface area (Å²) in [5.41, 5.74) is 2.55. The normalized spacial score (nSPS) is 18.0. The minimum absolute atomic E-state index is 0.0288. The number of anilines is 1. The van der Waals surface area contributed by atoms with Crippen LogP contribution in [0.3, 0.4) is 0 Å². The van der Waals surface area contributed by atoms with E-state index in [2.05, 4.69) is 0 Å². The lowest BCUT2D eigenvalue weighted by Crippen LogP contribution is -2.29. The molecule has 2 heterocycles. The molecule has 38 heavy (non-hydrogen) atoms. The van der Waals surface area contributed by atoms with Crippen LogP contribution in [0.4, 0.5) is 5.69 Å². The average molecular weight is 516 g/mol. The highest BCUT2D eigenvalue weighted by Gasteiger charge is 2.47. The van der Waals surface area contributed by atoms with Gasteiger partial charge in [0.25, 0.3) is 11.7 Å². The Labute approximate surface area is 221 Å². The Hall–Kier alpha value is -4.46. The van der Waals surface area contributed by atoms with Crippen molar-refractivity contribution >= 4 is 23.1 Å². The molecular formula is C30H29NO7. The van der Waals surface area contributed by atoms with Gasteiger partial charge in [-0.1, -0.05) is 25.1 Å². The summed E-state index contributed by atoms with van der Waals surface area (Å²) in [5, 5.41) is 11.5. The van der Waals surface area contributed by atoms with Crippen molar-refractivity contribution in [2.45, 2.75) is 26.3 Å². The van der Waals surface area contributed by atoms with Gasteiger partial charge in [-0.15, -0.1) is 0 Å². The number of hydrogen-bond donors (Lipinski definition) is 1. The van der Waals surface area contributed by atoms with Gasteiger partial charge < -0.3 is 24.1 Å². The van der Waals surface area contributed by atoms with Crippen LogP contribution < -0.4 is 23.8 Å². The molecule has 0 radical (unpaired) electrons. The summed E-state index contributed by atoms with van der Waals surface area (Å²) >= 11 is 0. The van der Waals surface area contributed by atoms with Crippen LogP contribution in [0.15, 0.2) is 66.2 Å². The predicted octanol–water partition coefficient (Wildman–Crippen LogP) is 5.05. The quantitative estimate of drug-likeness (QED) is 0.267. The molecule has 8 nitrogen and oxygen atoms in total. The number of aliphatic hydroxyl groups excluding tert-OH is 1. The van der Waals surface area contributed by atoms with E-state index in [1.54, 1.807) is 43.5 Å². The number of carbonyl (C=O) groups is 2. The Kier molecular flexibility index (Phi) is 6.96. The van der Waals surface area contributed by atoms with Crippen LogP contribution in [0.5, 0.6) is 23.0 Å². The molecule has 1 fully saturated rings. The number of hydrogen-bond acceptors (Lipinski definition) is 7. The zero-order valence-corrected chi connectivity index (χ0v) is 21.5. The van der Waals surface area contributed by atoms with Crippen LogP contribution in [0.25, 0.3) is 5.76 Å². The van der Waals surface area contributed by atoms with Gasteiger partial charge in [0, 0.05) is 11.3 Å². The maximum absolute atomic E-state index is 13.5. The van der Waals surface area contributed by atoms with E-state index in [0.29, 0.717) is 59.6 Å². The Morgan fingerprint density at radius 2 is 1.68 bits per heavy atom. The van der Waals surface area contributed by atoms with E-state index in [1.165, 1.54) is 4.90 Å². The van der Waals surface area contributed by atoms with Crippen LogP contribution in [-0.2, 0) is 16.0 Å². The summed E-state index contributed by atoms with van der Waals surface area (Å²) in [6.07, 6.45) is 0.836. The molecule has 0 spiro atoms. The van der Waals surface area contributed by atoms with E-state index in [4.69, 9.17) is 18.9 Å². The van der Waals surface area contributed by atoms with Crippen molar-refractivity contribution in [1.82, 2.24) is 0 Å². The van der Waals surface area contributed by atoms with Gasteiger partial charge in [0.05, 0.1) is 25.3 Å². The number of methoxy groups -OCH3 is 1. The molecular weight excluding hydrogens is 486 g/mol. The highest BCUT2D eigenvalue weighted by molar-refractivity contribution is 6.51. The van der Waals surface area contributed by atoms with E-state index in [1.807, 2.05) is 38.1 Å². The summed E-state index contributed by atoms with van der Waals surface area (Å²) in [5.74, 6) is 0.196. The zero-order chi connectivity index (χ0) is 26.8. The minimum atomic E-state index is -0.902. The number of benzene rings is 3. The molecule has 5 rings (SSSR count). The molecule has 0 bridgehead atoms. The number of carbonyl (C=O) groups excluding carboxylic acids is 2. The molecule has 1 atom stereocenters. The molecule has 3 aromatic rings. The zero-order valence-electron chi connectivity index (χ0n) is 21.5. The molecule has 1 N–H and O–H groups in total. The van der Waals surface area contributed by atoms with Gasteiger partial charge in [-0.05, 0) is 66.9 Å². The molecule has 2 aliphatic rings. The minimum Gasteiger partial charge on any atom is -0.507 e. The molecule has 1 amide bonds. The van der Waals surface area contributed by atoms with Gasteiger partial charge >= 0.3 is 0 Å². The second-order valence-electron chi connectivity index (χ2n) is 8.89. The lowest BCUT2D eigenvalue weighted by Gasteiger charge is -2.26. The Morgan fingerprint density at radius 3 is 2.37 bits per heavy atom. The fourth-order valence-electron chi connectivity index (χ4n) is 4.78. The molecule has 1 unspecified atom stereocenters. The second-order valence-corrected chi connectivity index (χ2v) is 8.89. The van der Waals surface area contributed by atoms with Gasteiger partial charge in [0.2, 0.25) is 0 Å². The van der Waals surface area contributed by atoms with Gasteiger partial charge in [0.15, 0.2) is 23.0 Å². The third-order valence-electron chi connectivity index (χ3n) is 6.69. The number of Topliss-reactive ketones (excluding diaryl/α,β-unsaturated/α-hetero) is 1. The van der Waals surface area contributed by atoms with Crippen molar-refractivity contribution in [2.24, 2.45) is 0 Å². The molecule has 1 saturated heterocycles. The summed E-state index contributed by atoms with van der Waals surface area (Å²) in [6.45, 7) is 5.10. The summed E-state index contributed by atoms with van der Waals surface area (Å²) < 4.78 is 22.5. The maximum Gasteiger partial charge on any atom is 0.300 e. The van der Waals surface area contributed by atoms with E-state index < -0.39 is 17.7 Å². The van der Waals surface area contributed by atoms with Crippen molar-refractivity contribution in [1.29, 1.82) is 0 Å². The standard InChI is InChI=1S/C30H29NO7/c1-4-18-6-10-21(11-7-18)31-27(19-8-12-22(35-3)24(16-19)36-5-2)26(29(33)30(31)34)28(32)20-9-13-23-25(17-20)38-15-14-37-23/h6-13,16-17,27,32H,4-5,14-15H2,1-3H3/b28-26+. The SMILES string of the molecule is CCOc1cc(C2/C(=C(\O)c3ccc4c(c3)OCCO4)C(=O)C(=O)N2c2ccc(CC)cc2)ccc1OC. The molecule has 2 aliphatic heterocycles. The van der Waals surface area contributed by atoms with Crippen LogP contribution in [0.1, 0.15) is 36.6 Å². The third-order valence-corrected chi connectivity index (χ3v) is 6.69. The van der Waals surface area contributed by atoms with Gasteiger partial charge in [-0.25, -0.2) is 0 Å². The lowest BCUT2D eigenvalue weighted by atomic mass is 9.94. The fraction of sp³-hybridized carbons (Fsp3) is 0.267. The molecule has 0 aliphatic carbocycles. The topological polar surface area (TPSA) is 94.5 Å². The Balaban J connectivity index is 1.69. The third kappa shape index (κ3) is 4.42. The summed E-state index contributed by atoms with van der Waals surface area (Å²) in [6, 6.07) is 16.7. The van der Waals surface area contributed by atoms with E-state index in [9.17, 15) is 14.7 Å². The number of amides is 1. The van der Waals surface area contributed by atoms with Crippen LogP contribution >= 0.6 is 0 Å². The van der Waals surface area contributed by atoms with Crippen molar-refractivity contribution < 1.29 is 33.6 Å². The van der Waals surface area contributed by atoms with Crippen molar-refractivity contribution in [2.75, 3.05) is 31.8 Å². The first-order valence-corrected chi connectivity index (χ1v) is 12.6. The summed E-state index contributed by atoms with van der Waals surface area (Å²) in [4.78, 5) is 28.4. The number of fused-ring (bicyclic) bond motifs is 1. The van der Waals surface area contributed by atoms with E-state index >= 15 is 0 Å². The van der Waals surface area contributed by atoms with Crippen molar-refractivity contribution in [3.8, 4) is 23.0 Å².